The van der Waals surface area contributed by atoms with Crippen LogP contribution in [0, 0.1) is 18.4 Å². The molecule has 0 saturated carbocycles. The van der Waals surface area contributed by atoms with Crippen LogP contribution in [0.4, 0.5) is 0 Å². The van der Waals surface area contributed by atoms with Gasteiger partial charge in [0.15, 0.2) is 6.79 Å². The Morgan fingerprint density at radius 3 is 2.18 bits per heavy atom. The fourth-order valence-corrected chi connectivity index (χ4v) is 9.71. The van der Waals surface area contributed by atoms with Gasteiger partial charge in [-0.05, 0) is 41.1 Å². The first kappa shape index (κ1) is 22.3. The second-order valence-corrected chi connectivity index (χ2v) is 14.0. The molecule has 0 atom stereocenters. The molecular formula is C24H34O3Si. The predicted molar refractivity (Wildman–Crippen MR) is 121 cm³/mol. The first-order chi connectivity index (χ1) is 13.2. The van der Waals surface area contributed by atoms with Crippen LogP contribution in [0.2, 0.25) is 16.6 Å². The van der Waals surface area contributed by atoms with E-state index in [1.165, 1.54) is 0 Å². The van der Waals surface area contributed by atoms with Crippen molar-refractivity contribution in [3.8, 4) is 23.0 Å². The normalized spacial score (nSPS) is 12.0. The molecule has 0 aliphatic heterocycles. The first-order valence-corrected chi connectivity index (χ1v) is 12.3. The van der Waals surface area contributed by atoms with Crippen molar-refractivity contribution in [1.29, 1.82) is 0 Å². The van der Waals surface area contributed by atoms with Crippen molar-refractivity contribution in [3.05, 3.63) is 35.4 Å². The highest BCUT2D eigenvalue weighted by atomic mass is 28.3. The number of ether oxygens (including phenoxy) is 2. The minimum Gasteiger partial charge on any atom is -0.507 e. The lowest BCUT2D eigenvalue weighted by molar-refractivity contribution is 0.0506. The number of benzene rings is 2. The van der Waals surface area contributed by atoms with E-state index < -0.39 is 8.07 Å². The summed E-state index contributed by atoms with van der Waals surface area (Å²) in [6.07, 6.45) is 0. The largest absolute Gasteiger partial charge is 0.507 e. The van der Waals surface area contributed by atoms with E-state index in [-0.39, 0.29) is 12.5 Å². The molecule has 0 unspecified atom stereocenters. The third-order valence-corrected chi connectivity index (χ3v) is 12.2. The summed E-state index contributed by atoms with van der Waals surface area (Å²) in [6, 6.07) is 7.93. The maximum Gasteiger partial charge on any atom is 0.188 e. The molecule has 0 aromatic heterocycles. The van der Waals surface area contributed by atoms with Gasteiger partial charge in [0, 0.05) is 23.6 Å². The Hall–Kier alpha value is -1.96. The molecule has 0 saturated heterocycles. The maximum absolute atomic E-state index is 10.9. The van der Waals surface area contributed by atoms with Gasteiger partial charge in [-0.15, -0.1) is 5.54 Å². The third kappa shape index (κ3) is 4.06. The quantitative estimate of drug-likeness (QED) is 0.347. The fraction of sp³-hybridized carbons (Fsp3) is 0.500. The number of phenols is 1. The smallest absolute Gasteiger partial charge is 0.188 e. The molecule has 0 aliphatic carbocycles. The highest BCUT2D eigenvalue weighted by Crippen LogP contribution is 2.41. The number of fused-ring (bicyclic) bond motifs is 1. The summed E-state index contributed by atoms with van der Waals surface area (Å²) in [6.45, 7) is 15.9. The van der Waals surface area contributed by atoms with Gasteiger partial charge in [0.25, 0.3) is 0 Å². The molecule has 2 aromatic rings. The zero-order valence-corrected chi connectivity index (χ0v) is 19.5. The van der Waals surface area contributed by atoms with Crippen LogP contribution in [0.3, 0.4) is 0 Å². The highest BCUT2D eigenvalue weighted by molar-refractivity contribution is 6.90. The monoisotopic (exact) mass is 398 g/mol. The van der Waals surface area contributed by atoms with Crippen LogP contribution < -0.4 is 4.74 Å². The molecule has 28 heavy (non-hydrogen) atoms. The second kappa shape index (κ2) is 9.02. The fourth-order valence-electron chi connectivity index (χ4n) is 4.49. The molecule has 2 rings (SSSR count). The van der Waals surface area contributed by atoms with E-state index in [0.717, 1.165) is 16.3 Å². The van der Waals surface area contributed by atoms with E-state index in [1.807, 2.05) is 31.2 Å². The lowest BCUT2D eigenvalue weighted by Gasteiger charge is -2.38. The summed E-state index contributed by atoms with van der Waals surface area (Å²) in [5.41, 5.74) is 7.06. The Morgan fingerprint density at radius 2 is 1.64 bits per heavy atom. The molecule has 1 N–H and O–H groups in total. The van der Waals surface area contributed by atoms with Gasteiger partial charge < -0.3 is 14.6 Å². The molecule has 4 heteroatoms. The average Bonchev–Trinajstić information content (AvgIpc) is 2.63. The number of methoxy groups -OCH3 is 1. The third-order valence-electron chi connectivity index (χ3n) is 5.96. The molecule has 152 valence electrons. The molecule has 0 aliphatic rings. The van der Waals surface area contributed by atoms with Crippen molar-refractivity contribution in [2.75, 3.05) is 13.9 Å². The average molecular weight is 399 g/mol. The SMILES string of the molecule is COCOc1cc2cccc(C#C[Si](C(C)C)(C(C)C)C(C)C)c2c(O)c1C. The summed E-state index contributed by atoms with van der Waals surface area (Å²) < 4.78 is 10.6. The van der Waals surface area contributed by atoms with Crippen molar-refractivity contribution in [1.82, 2.24) is 0 Å². The van der Waals surface area contributed by atoms with Gasteiger partial charge in [0.05, 0.1) is 0 Å². The van der Waals surface area contributed by atoms with E-state index in [1.54, 1.807) is 7.11 Å². The van der Waals surface area contributed by atoms with E-state index in [4.69, 9.17) is 9.47 Å². The minimum absolute atomic E-state index is 0.149. The Balaban J connectivity index is 2.67. The number of rotatable bonds is 6. The molecule has 0 heterocycles. The van der Waals surface area contributed by atoms with E-state index in [2.05, 4.69) is 53.0 Å². The van der Waals surface area contributed by atoms with Crippen LogP contribution in [0.15, 0.2) is 24.3 Å². The molecule has 0 amide bonds. The topological polar surface area (TPSA) is 38.7 Å². The predicted octanol–water partition coefficient (Wildman–Crippen LogP) is 6.41. The van der Waals surface area contributed by atoms with Crippen LogP contribution in [0.5, 0.6) is 11.5 Å². The van der Waals surface area contributed by atoms with Crippen molar-refractivity contribution >= 4 is 18.8 Å². The molecule has 0 radical (unpaired) electrons. The molecular weight excluding hydrogens is 364 g/mol. The van der Waals surface area contributed by atoms with Gasteiger partial charge in [-0.2, -0.15) is 0 Å². The molecule has 3 nitrogen and oxygen atoms in total. The Morgan fingerprint density at radius 1 is 1.04 bits per heavy atom. The van der Waals surface area contributed by atoms with Crippen molar-refractivity contribution in [2.45, 2.75) is 65.1 Å². The van der Waals surface area contributed by atoms with Gasteiger partial charge in [-0.25, -0.2) is 0 Å². The molecule has 0 spiro atoms. The van der Waals surface area contributed by atoms with Gasteiger partial charge in [-0.3, -0.25) is 0 Å². The molecule has 0 bridgehead atoms. The van der Waals surface area contributed by atoms with Gasteiger partial charge in [0.2, 0.25) is 0 Å². The van der Waals surface area contributed by atoms with Gasteiger partial charge in [0.1, 0.15) is 19.6 Å². The van der Waals surface area contributed by atoms with Gasteiger partial charge >= 0.3 is 0 Å². The summed E-state index contributed by atoms with van der Waals surface area (Å²) in [5, 5.41) is 12.6. The highest BCUT2D eigenvalue weighted by Gasteiger charge is 2.41. The van der Waals surface area contributed by atoms with Crippen LogP contribution in [0.25, 0.3) is 10.8 Å². The Kier molecular flexibility index (Phi) is 7.20. The lowest BCUT2D eigenvalue weighted by atomic mass is 10.0. The van der Waals surface area contributed by atoms with E-state index >= 15 is 0 Å². The number of phenolic OH excluding ortho intramolecular Hbond substituents is 1. The summed E-state index contributed by atoms with van der Waals surface area (Å²) in [7, 11) is -0.260. The van der Waals surface area contributed by atoms with Gasteiger partial charge in [-0.1, -0.05) is 59.6 Å². The lowest BCUT2D eigenvalue weighted by Crippen LogP contribution is -2.43. The number of aromatic hydroxyl groups is 1. The van der Waals surface area contributed by atoms with Crippen LogP contribution >= 0.6 is 0 Å². The second-order valence-electron chi connectivity index (χ2n) is 8.45. The Labute approximate surface area is 171 Å². The first-order valence-electron chi connectivity index (χ1n) is 10.1. The molecule has 0 fully saturated rings. The number of hydrogen-bond donors (Lipinski definition) is 1. The van der Waals surface area contributed by atoms with Crippen LogP contribution in [-0.4, -0.2) is 27.1 Å². The summed E-state index contributed by atoms with van der Waals surface area (Å²) >= 11 is 0. The zero-order valence-electron chi connectivity index (χ0n) is 18.5. The number of hydrogen-bond acceptors (Lipinski definition) is 3. The Bertz CT molecular complexity index is 866. The maximum atomic E-state index is 10.9. The summed E-state index contributed by atoms with van der Waals surface area (Å²) in [5.74, 6) is 4.36. The van der Waals surface area contributed by atoms with E-state index in [9.17, 15) is 5.11 Å². The zero-order chi connectivity index (χ0) is 21.1. The standard InChI is InChI=1S/C24H34O3Si/c1-16(2)28(17(3)4,18(5)6)13-12-20-10-9-11-21-14-22(27-15-26-8)19(7)24(25)23(20)21/h9-11,14,16-18,25H,15H2,1-8H3. The van der Waals surface area contributed by atoms with Crippen molar-refractivity contribution in [2.24, 2.45) is 0 Å². The van der Waals surface area contributed by atoms with Crippen LogP contribution in [0.1, 0.15) is 52.7 Å². The van der Waals surface area contributed by atoms with Crippen LogP contribution in [-0.2, 0) is 4.74 Å². The summed E-state index contributed by atoms with van der Waals surface area (Å²) in [4.78, 5) is 0. The minimum atomic E-state index is -1.84. The van der Waals surface area contributed by atoms with Crippen molar-refractivity contribution < 1.29 is 14.6 Å². The van der Waals surface area contributed by atoms with E-state index in [0.29, 0.717) is 27.9 Å². The molecule has 2 aromatic carbocycles. The van der Waals surface area contributed by atoms with Crippen molar-refractivity contribution in [3.63, 3.8) is 0 Å².